The van der Waals surface area contributed by atoms with Crippen molar-refractivity contribution in [2.45, 2.75) is 48.3 Å². The van der Waals surface area contributed by atoms with E-state index in [1.54, 1.807) is 0 Å². The summed E-state index contributed by atoms with van der Waals surface area (Å²) in [5, 5.41) is 37.4. The molecule has 0 saturated carbocycles. The number of aromatic nitrogens is 4. The van der Waals surface area contributed by atoms with Gasteiger partial charge in [0.2, 0.25) is 0 Å². The van der Waals surface area contributed by atoms with E-state index in [-0.39, 0.29) is 16.3 Å². The van der Waals surface area contributed by atoms with Gasteiger partial charge in [-0.05, 0) is 25.1 Å². The predicted octanol–water partition coefficient (Wildman–Crippen LogP) is 3.67. The van der Waals surface area contributed by atoms with E-state index in [1.165, 1.54) is 6.92 Å². The van der Waals surface area contributed by atoms with Crippen LogP contribution in [0.2, 0.25) is 5.02 Å². The lowest BCUT2D eigenvalue weighted by molar-refractivity contribution is -0.143. The zero-order valence-electron chi connectivity index (χ0n) is 18.7. The standard InChI is InChI=1S/C21H19ClF6N4O4S/c1-9(34)16(8-33)36-20(37-17-4-11(22)5-29-19(17)21(26,27)28)15(35)7-32-6-14(30-31-32)10-2-12(23)18(25)13(24)3-10/h2-6,9,15-16,20,33-35H,7-8H2,1H3/t9-,15+,16?,20?/m1/s1. The Bertz CT molecular complexity index is 1210. The van der Waals surface area contributed by atoms with Gasteiger partial charge in [-0.1, -0.05) is 28.6 Å². The van der Waals surface area contributed by atoms with E-state index < -0.39 is 71.1 Å². The Balaban J connectivity index is 1.89. The molecule has 2 unspecified atom stereocenters. The third kappa shape index (κ3) is 7.33. The lowest BCUT2D eigenvalue weighted by Crippen LogP contribution is -2.39. The average molecular weight is 573 g/mol. The van der Waals surface area contributed by atoms with Crippen LogP contribution in [-0.4, -0.2) is 65.7 Å². The van der Waals surface area contributed by atoms with Crippen molar-refractivity contribution in [1.82, 2.24) is 20.0 Å². The molecule has 0 aliphatic carbocycles. The first-order chi connectivity index (χ1) is 17.3. The van der Waals surface area contributed by atoms with Crippen molar-refractivity contribution in [3.63, 3.8) is 0 Å². The molecule has 1 aromatic carbocycles. The summed E-state index contributed by atoms with van der Waals surface area (Å²) >= 11 is 6.20. The van der Waals surface area contributed by atoms with Crippen LogP contribution in [0.15, 0.2) is 35.5 Å². The summed E-state index contributed by atoms with van der Waals surface area (Å²) in [4.78, 5) is 2.81. The zero-order chi connectivity index (χ0) is 27.5. The molecular weight excluding hydrogens is 554 g/mol. The quantitative estimate of drug-likeness (QED) is 0.146. The van der Waals surface area contributed by atoms with Gasteiger partial charge in [0.15, 0.2) is 23.1 Å². The van der Waals surface area contributed by atoms with Gasteiger partial charge in [-0.3, -0.25) is 0 Å². The molecular formula is C21H19ClF6N4O4S. The molecule has 0 radical (unpaired) electrons. The molecule has 8 nitrogen and oxygen atoms in total. The maximum absolute atomic E-state index is 13.6. The minimum Gasteiger partial charge on any atom is -0.394 e. The minimum atomic E-state index is -4.87. The van der Waals surface area contributed by atoms with Gasteiger partial charge in [-0.15, -0.1) is 5.10 Å². The second kappa shape index (κ2) is 12.0. The van der Waals surface area contributed by atoms with Crippen LogP contribution in [-0.2, 0) is 17.5 Å². The molecule has 4 atom stereocenters. The first-order valence-corrected chi connectivity index (χ1v) is 11.6. The summed E-state index contributed by atoms with van der Waals surface area (Å²) in [7, 11) is 0. The van der Waals surface area contributed by atoms with Crippen LogP contribution in [0.5, 0.6) is 0 Å². The zero-order valence-corrected chi connectivity index (χ0v) is 20.3. The van der Waals surface area contributed by atoms with Crippen LogP contribution in [0.1, 0.15) is 12.6 Å². The number of pyridine rings is 1. The molecule has 0 amide bonds. The van der Waals surface area contributed by atoms with Gasteiger partial charge in [0.1, 0.15) is 23.3 Å². The van der Waals surface area contributed by atoms with Crippen LogP contribution >= 0.6 is 23.4 Å². The number of ether oxygens (including phenoxy) is 1. The summed E-state index contributed by atoms with van der Waals surface area (Å²) in [5.41, 5.74) is -3.08. The van der Waals surface area contributed by atoms with Crippen molar-refractivity contribution >= 4 is 23.4 Å². The summed E-state index contributed by atoms with van der Waals surface area (Å²) in [6, 6.07) is 2.33. The molecule has 2 heterocycles. The third-order valence-electron chi connectivity index (χ3n) is 4.86. The number of rotatable bonds is 10. The number of benzene rings is 1. The SMILES string of the molecule is C[C@@H](O)C(CO)OC(Sc1cc(Cl)cnc1C(F)(F)F)[C@@H](O)Cn1cc(-c2cc(F)c(F)c(F)c2)nn1. The number of hydrogen-bond acceptors (Lipinski definition) is 8. The number of alkyl halides is 3. The Morgan fingerprint density at radius 3 is 2.35 bits per heavy atom. The number of halogens is 7. The van der Waals surface area contributed by atoms with Crippen LogP contribution in [0.4, 0.5) is 26.3 Å². The van der Waals surface area contributed by atoms with Crippen LogP contribution < -0.4 is 0 Å². The van der Waals surface area contributed by atoms with Gasteiger partial charge in [-0.2, -0.15) is 13.2 Å². The molecule has 2 aromatic heterocycles. The molecule has 0 saturated heterocycles. The van der Waals surface area contributed by atoms with Gasteiger partial charge >= 0.3 is 6.18 Å². The molecule has 3 aromatic rings. The van der Waals surface area contributed by atoms with Crippen LogP contribution in [0, 0.1) is 17.5 Å². The summed E-state index contributed by atoms with van der Waals surface area (Å²) in [6.07, 6.45) is -7.10. The topological polar surface area (TPSA) is 114 Å². The van der Waals surface area contributed by atoms with Crippen LogP contribution in [0.25, 0.3) is 11.3 Å². The first-order valence-electron chi connectivity index (χ1n) is 10.4. The van der Waals surface area contributed by atoms with Crippen molar-refractivity contribution in [3.05, 3.63) is 58.8 Å². The highest BCUT2D eigenvalue weighted by Crippen LogP contribution is 2.39. The predicted molar refractivity (Wildman–Crippen MR) is 119 cm³/mol. The average Bonchev–Trinajstić information content (AvgIpc) is 3.27. The summed E-state index contributed by atoms with van der Waals surface area (Å²) in [5.74, 6) is -4.59. The summed E-state index contributed by atoms with van der Waals surface area (Å²) < 4.78 is 87.3. The largest absolute Gasteiger partial charge is 0.434 e. The van der Waals surface area contributed by atoms with Crippen molar-refractivity contribution in [2.24, 2.45) is 0 Å². The van der Waals surface area contributed by atoms with Crippen molar-refractivity contribution < 1.29 is 46.4 Å². The van der Waals surface area contributed by atoms with Crippen molar-refractivity contribution in [3.8, 4) is 11.3 Å². The fourth-order valence-corrected chi connectivity index (χ4v) is 4.42. The van der Waals surface area contributed by atoms with E-state index in [0.717, 1.165) is 23.1 Å². The van der Waals surface area contributed by atoms with E-state index in [9.17, 15) is 41.7 Å². The van der Waals surface area contributed by atoms with Gasteiger partial charge < -0.3 is 20.1 Å². The van der Waals surface area contributed by atoms with E-state index in [2.05, 4.69) is 15.3 Å². The van der Waals surface area contributed by atoms with Gasteiger partial charge in [0.05, 0.1) is 30.5 Å². The number of thioether (sulfide) groups is 1. The van der Waals surface area contributed by atoms with E-state index in [4.69, 9.17) is 16.3 Å². The maximum atomic E-state index is 13.6. The Morgan fingerprint density at radius 1 is 1.14 bits per heavy atom. The molecule has 0 fully saturated rings. The smallest absolute Gasteiger partial charge is 0.394 e. The number of aliphatic hydroxyl groups excluding tert-OH is 3. The number of aliphatic hydroxyl groups is 3. The normalized spacial score (nSPS) is 15.4. The molecule has 0 aliphatic rings. The Morgan fingerprint density at radius 2 is 1.78 bits per heavy atom. The monoisotopic (exact) mass is 572 g/mol. The van der Waals surface area contributed by atoms with E-state index >= 15 is 0 Å². The number of hydrogen-bond donors (Lipinski definition) is 3. The molecule has 0 aliphatic heterocycles. The lowest BCUT2D eigenvalue weighted by atomic mass is 10.1. The summed E-state index contributed by atoms with van der Waals surface area (Å²) in [6.45, 7) is 0.0857. The third-order valence-corrected chi connectivity index (χ3v) is 6.29. The minimum absolute atomic E-state index is 0.0919. The molecule has 3 N–H and O–H groups in total. The highest BCUT2D eigenvalue weighted by Gasteiger charge is 2.38. The van der Waals surface area contributed by atoms with Crippen molar-refractivity contribution in [1.29, 1.82) is 0 Å². The Hall–Kier alpha value is -2.43. The fourth-order valence-electron chi connectivity index (χ4n) is 3.03. The molecule has 0 spiro atoms. The second-order valence-electron chi connectivity index (χ2n) is 7.73. The maximum Gasteiger partial charge on any atom is 0.434 e. The number of nitrogens with zero attached hydrogens (tertiary/aromatic N) is 4. The van der Waals surface area contributed by atoms with E-state index in [0.29, 0.717) is 23.9 Å². The Labute approximate surface area is 214 Å². The molecule has 16 heteroatoms. The lowest BCUT2D eigenvalue weighted by Gasteiger charge is -2.29. The van der Waals surface area contributed by atoms with Gasteiger partial charge in [0, 0.05) is 16.7 Å². The molecule has 3 rings (SSSR count). The molecule has 0 bridgehead atoms. The van der Waals surface area contributed by atoms with E-state index in [1.807, 2.05) is 0 Å². The highest BCUT2D eigenvalue weighted by atomic mass is 35.5. The van der Waals surface area contributed by atoms with Crippen molar-refractivity contribution in [2.75, 3.05) is 6.61 Å². The fraction of sp³-hybridized carbons (Fsp3) is 0.381. The second-order valence-corrected chi connectivity index (χ2v) is 9.31. The van der Waals surface area contributed by atoms with Crippen LogP contribution in [0.3, 0.4) is 0 Å². The highest BCUT2D eigenvalue weighted by molar-refractivity contribution is 7.99. The molecule has 202 valence electrons. The first kappa shape index (κ1) is 29.1. The van der Waals surface area contributed by atoms with Gasteiger partial charge in [0.25, 0.3) is 0 Å². The van der Waals surface area contributed by atoms with Gasteiger partial charge in [-0.25, -0.2) is 22.8 Å². The Kier molecular flexibility index (Phi) is 9.42. The molecule has 37 heavy (non-hydrogen) atoms.